The molecule has 0 saturated carbocycles. The van der Waals surface area contributed by atoms with Crippen LogP contribution in [0.25, 0.3) is 88.4 Å². The molecule has 10 aromatic rings. The van der Waals surface area contributed by atoms with E-state index >= 15 is 13.2 Å². The smallest absolute Gasteiger partial charge is 0.308 e. The SMILES string of the molecule is Cc1cc(-c2ccc3c(c2)c2ccccc2n3-c2cc(-c3c(C)cccc3C(F)(F)F)cc(-n3c4ccccc4c4cc(-c5cc(C)cc(C(F)(F)F)c5)ccc43)c2C#N)cc(C(F)(F)F)c1. The molecule has 2 aromatic heterocycles. The Morgan fingerprint density at radius 1 is 0.403 bits per heavy atom. The molecule has 0 amide bonds. The molecule has 10 rings (SSSR count). The van der Waals surface area contributed by atoms with Gasteiger partial charge in [0, 0.05) is 21.5 Å². The van der Waals surface area contributed by atoms with Gasteiger partial charge in [-0.1, -0.05) is 72.8 Å². The first-order valence-electron chi connectivity index (χ1n) is 21.0. The van der Waals surface area contributed by atoms with Crippen molar-refractivity contribution in [1.29, 1.82) is 5.26 Å². The number of para-hydroxylation sites is 2. The second-order valence-electron chi connectivity index (χ2n) is 16.8. The fourth-order valence-electron chi connectivity index (χ4n) is 9.56. The van der Waals surface area contributed by atoms with Crippen molar-refractivity contribution in [2.75, 3.05) is 0 Å². The van der Waals surface area contributed by atoms with E-state index in [4.69, 9.17) is 0 Å². The number of halogens is 9. The van der Waals surface area contributed by atoms with Gasteiger partial charge in [-0.05, 0) is 150 Å². The third-order valence-electron chi connectivity index (χ3n) is 12.4. The fraction of sp³-hybridized carbons (Fsp3) is 0.109. The van der Waals surface area contributed by atoms with Crippen molar-refractivity contribution in [3.8, 4) is 50.8 Å². The van der Waals surface area contributed by atoms with Gasteiger partial charge in [-0.2, -0.15) is 44.8 Å². The van der Waals surface area contributed by atoms with Crippen LogP contribution < -0.4 is 0 Å². The van der Waals surface area contributed by atoms with Gasteiger partial charge in [-0.3, -0.25) is 0 Å². The fourth-order valence-corrected chi connectivity index (χ4v) is 9.56. The van der Waals surface area contributed by atoms with E-state index in [1.54, 1.807) is 121 Å². The summed E-state index contributed by atoms with van der Waals surface area (Å²) >= 11 is 0. The third-order valence-corrected chi connectivity index (χ3v) is 12.4. The van der Waals surface area contributed by atoms with E-state index < -0.39 is 35.2 Å². The highest BCUT2D eigenvalue weighted by Gasteiger charge is 2.36. The number of aryl methyl sites for hydroxylation is 3. The Balaban J connectivity index is 1.29. The van der Waals surface area contributed by atoms with Gasteiger partial charge >= 0.3 is 18.5 Å². The summed E-state index contributed by atoms with van der Waals surface area (Å²) in [6, 6.07) is 42.0. The van der Waals surface area contributed by atoms with E-state index in [9.17, 15) is 31.6 Å². The minimum Gasteiger partial charge on any atom is -0.308 e. The highest BCUT2D eigenvalue weighted by atomic mass is 19.4. The van der Waals surface area contributed by atoms with Crippen molar-refractivity contribution in [2.24, 2.45) is 0 Å². The molecule has 0 N–H and O–H groups in total. The van der Waals surface area contributed by atoms with Crippen molar-refractivity contribution < 1.29 is 39.5 Å². The van der Waals surface area contributed by atoms with E-state index in [1.807, 2.05) is 24.3 Å². The molecule has 0 aliphatic rings. The van der Waals surface area contributed by atoms with Crippen molar-refractivity contribution >= 4 is 43.6 Å². The zero-order valence-electron chi connectivity index (χ0n) is 35.7. The molecule has 0 atom stereocenters. The van der Waals surface area contributed by atoms with Crippen LogP contribution in [0, 0.1) is 32.1 Å². The van der Waals surface area contributed by atoms with Crippen molar-refractivity contribution in [1.82, 2.24) is 9.13 Å². The number of fused-ring (bicyclic) bond motifs is 6. The van der Waals surface area contributed by atoms with Crippen LogP contribution in [0.2, 0.25) is 0 Å². The van der Waals surface area contributed by atoms with Gasteiger partial charge in [0.15, 0.2) is 0 Å². The zero-order chi connectivity index (χ0) is 47.3. The molecule has 2 heterocycles. The molecular weight excluding hydrogens is 874 g/mol. The summed E-state index contributed by atoms with van der Waals surface area (Å²) in [6.07, 6.45) is -13.9. The lowest BCUT2D eigenvalue weighted by Crippen LogP contribution is -2.10. The van der Waals surface area contributed by atoms with Gasteiger partial charge in [0.25, 0.3) is 0 Å². The molecule has 0 aliphatic heterocycles. The van der Waals surface area contributed by atoms with Gasteiger partial charge < -0.3 is 9.13 Å². The molecule has 3 nitrogen and oxygen atoms in total. The number of aromatic nitrogens is 2. The van der Waals surface area contributed by atoms with Gasteiger partial charge in [0.1, 0.15) is 11.6 Å². The van der Waals surface area contributed by atoms with Crippen LogP contribution in [0.4, 0.5) is 39.5 Å². The quantitative estimate of drug-likeness (QED) is 0.158. The number of alkyl halides is 9. The molecular formula is C55H34F9N3. The Morgan fingerprint density at radius 2 is 0.851 bits per heavy atom. The molecule has 0 aliphatic carbocycles. The van der Waals surface area contributed by atoms with Crippen LogP contribution >= 0.6 is 0 Å². The largest absolute Gasteiger partial charge is 0.417 e. The monoisotopic (exact) mass is 907 g/mol. The summed E-state index contributed by atoms with van der Waals surface area (Å²) in [5.74, 6) is 0. The van der Waals surface area contributed by atoms with Crippen molar-refractivity contribution in [2.45, 2.75) is 39.3 Å². The number of rotatable bonds is 5. The maximum Gasteiger partial charge on any atom is 0.417 e. The van der Waals surface area contributed by atoms with E-state index in [2.05, 4.69) is 6.07 Å². The number of nitrogens with zero attached hydrogens (tertiary/aromatic N) is 3. The molecule has 67 heavy (non-hydrogen) atoms. The summed E-state index contributed by atoms with van der Waals surface area (Å²) in [5, 5.41) is 14.0. The van der Waals surface area contributed by atoms with E-state index in [1.165, 1.54) is 6.07 Å². The molecule has 0 saturated heterocycles. The second-order valence-corrected chi connectivity index (χ2v) is 16.8. The molecule has 8 aromatic carbocycles. The van der Waals surface area contributed by atoms with Gasteiger partial charge in [0.05, 0.1) is 50.1 Å². The summed E-state index contributed by atoms with van der Waals surface area (Å²) in [4.78, 5) is 0. The van der Waals surface area contributed by atoms with E-state index in [0.717, 1.165) is 30.3 Å². The lowest BCUT2D eigenvalue weighted by molar-refractivity contribution is -0.138. The standard InChI is InChI=1S/C55H34F9N3/c1-30-19-35(23-38(21-30)53(56,57)58)33-15-17-48-42(25-33)40-10-4-6-13-46(40)66(48)50-27-37(52-32(3)9-8-12-45(52)55(62,63)64)28-51(44(50)29-65)67-47-14-7-5-11-41(47)43-26-34(16-18-49(43)67)36-20-31(2)22-39(24-36)54(59,60)61/h4-28H,1-3H3. The van der Waals surface area contributed by atoms with Crippen LogP contribution in [0.5, 0.6) is 0 Å². The minimum atomic E-state index is -4.77. The summed E-state index contributed by atoms with van der Waals surface area (Å²) in [7, 11) is 0. The summed E-state index contributed by atoms with van der Waals surface area (Å²) in [6.45, 7) is 4.75. The first-order chi connectivity index (χ1) is 31.8. The topological polar surface area (TPSA) is 33.6 Å². The number of benzene rings is 8. The Kier molecular flexibility index (Phi) is 9.92. The number of hydrogen-bond acceptors (Lipinski definition) is 1. The molecule has 12 heteroatoms. The van der Waals surface area contributed by atoms with Crippen LogP contribution in [0.3, 0.4) is 0 Å². The Labute approximate surface area is 377 Å². The van der Waals surface area contributed by atoms with Crippen LogP contribution in [-0.2, 0) is 18.5 Å². The van der Waals surface area contributed by atoms with Gasteiger partial charge in [-0.15, -0.1) is 0 Å². The van der Waals surface area contributed by atoms with E-state index in [0.29, 0.717) is 82.6 Å². The Morgan fingerprint density at radius 3 is 1.28 bits per heavy atom. The summed E-state index contributed by atoms with van der Waals surface area (Å²) in [5.41, 5.74) is 3.20. The summed E-state index contributed by atoms with van der Waals surface area (Å²) < 4.78 is 133. The molecule has 0 spiro atoms. The first kappa shape index (κ1) is 43.1. The van der Waals surface area contributed by atoms with Gasteiger partial charge in [-0.25, -0.2) is 0 Å². The minimum absolute atomic E-state index is 0.0892. The Bertz CT molecular complexity index is 3510. The predicted octanol–water partition coefficient (Wildman–Crippen LogP) is 16.7. The van der Waals surface area contributed by atoms with Crippen LogP contribution in [0.15, 0.2) is 152 Å². The number of hydrogen-bond donors (Lipinski definition) is 0. The Hall–Kier alpha value is -7.78. The maximum atomic E-state index is 15.0. The zero-order valence-corrected chi connectivity index (χ0v) is 35.7. The normalized spacial score (nSPS) is 12.5. The van der Waals surface area contributed by atoms with Crippen LogP contribution in [-0.4, -0.2) is 9.13 Å². The predicted molar refractivity (Wildman–Crippen MR) is 245 cm³/mol. The average molecular weight is 908 g/mol. The highest BCUT2D eigenvalue weighted by molar-refractivity contribution is 6.12. The lowest BCUT2D eigenvalue weighted by atomic mass is 9.92. The molecule has 0 radical (unpaired) electrons. The van der Waals surface area contributed by atoms with E-state index in [-0.39, 0.29) is 28.1 Å². The van der Waals surface area contributed by atoms with Crippen LogP contribution in [0.1, 0.15) is 38.9 Å². The third kappa shape index (κ3) is 7.35. The van der Waals surface area contributed by atoms with Crippen molar-refractivity contribution in [3.05, 3.63) is 191 Å². The molecule has 0 bridgehead atoms. The molecule has 0 unspecified atom stereocenters. The second kappa shape index (κ2) is 15.4. The highest BCUT2D eigenvalue weighted by Crippen LogP contribution is 2.46. The molecule has 0 fully saturated rings. The van der Waals surface area contributed by atoms with Crippen molar-refractivity contribution in [3.63, 3.8) is 0 Å². The first-order valence-corrected chi connectivity index (χ1v) is 21.0. The molecule has 332 valence electrons. The average Bonchev–Trinajstić information content (AvgIpc) is 3.79. The number of nitriles is 1. The lowest BCUT2D eigenvalue weighted by Gasteiger charge is -2.21. The van der Waals surface area contributed by atoms with Gasteiger partial charge in [0.2, 0.25) is 0 Å². The maximum absolute atomic E-state index is 15.0.